The molecule has 0 aliphatic rings. The van der Waals surface area contributed by atoms with Gasteiger partial charge >= 0.3 is 5.97 Å². The number of halogens is 1. The first kappa shape index (κ1) is 13.5. The highest BCUT2D eigenvalue weighted by Gasteiger charge is 2.31. The molecule has 17 heavy (non-hydrogen) atoms. The van der Waals surface area contributed by atoms with Gasteiger partial charge in [-0.15, -0.1) is 0 Å². The molecular formula is C13H18FNO2. The molecule has 0 spiro atoms. The van der Waals surface area contributed by atoms with Crippen LogP contribution in [0.4, 0.5) is 10.1 Å². The van der Waals surface area contributed by atoms with Crippen molar-refractivity contribution in [2.75, 3.05) is 5.73 Å². The Morgan fingerprint density at radius 1 is 1.47 bits per heavy atom. The normalized spacial score (nSPS) is 13.4. The largest absolute Gasteiger partial charge is 0.481 e. The number of rotatable bonds is 3. The van der Waals surface area contributed by atoms with Crippen LogP contribution in [0.15, 0.2) is 18.2 Å². The Bertz CT molecular complexity index is 424. The highest BCUT2D eigenvalue weighted by Crippen LogP contribution is 2.30. The van der Waals surface area contributed by atoms with Crippen molar-refractivity contribution in [1.82, 2.24) is 0 Å². The van der Waals surface area contributed by atoms with E-state index in [1.165, 1.54) is 18.2 Å². The minimum atomic E-state index is -0.917. The Labute approximate surface area is 100 Å². The van der Waals surface area contributed by atoms with E-state index < -0.39 is 23.1 Å². The monoisotopic (exact) mass is 239 g/mol. The van der Waals surface area contributed by atoms with Gasteiger partial charge in [-0.1, -0.05) is 20.8 Å². The van der Waals surface area contributed by atoms with Crippen molar-refractivity contribution in [3.63, 3.8) is 0 Å². The van der Waals surface area contributed by atoms with Gasteiger partial charge in [0, 0.05) is 5.69 Å². The second-order valence-electron chi connectivity index (χ2n) is 5.31. The predicted octanol–water partition coefficient (Wildman–Crippen LogP) is 2.70. The van der Waals surface area contributed by atoms with Gasteiger partial charge in [0.2, 0.25) is 0 Å². The molecule has 0 heterocycles. The molecule has 0 radical (unpaired) electrons. The van der Waals surface area contributed by atoms with Crippen molar-refractivity contribution in [2.24, 2.45) is 11.3 Å². The number of benzene rings is 1. The van der Waals surface area contributed by atoms with Crippen LogP contribution in [0.3, 0.4) is 0 Å². The summed E-state index contributed by atoms with van der Waals surface area (Å²) in [5.74, 6) is -1.96. The lowest BCUT2D eigenvalue weighted by Gasteiger charge is -2.27. The van der Waals surface area contributed by atoms with Gasteiger partial charge in [0.05, 0.1) is 5.92 Å². The Morgan fingerprint density at radius 3 is 2.53 bits per heavy atom. The smallest absolute Gasteiger partial charge is 0.307 e. The second-order valence-corrected chi connectivity index (χ2v) is 5.31. The number of nitrogen functional groups attached to an aromatic ring is 1. The number of carbonyl (C=O) groups is 1. The molecule has 0 saturated heterocycles. The van der Waals surface area contributed by atoms with Gasteiger partial charge in [-0.25, -0.2) is 4.39 Å². The van der Waals surface area contributed by atoms with Crippen molar-refractivity contribution < 1.29 is 14.3 Å². The fourth-order valence-corrected chi connectivity index (χ4v) is 1.73. The van der Waals surface area contributed by atoms with E-state index in [9.17, 15) is 14.3 Å². The van der Waals surface area contributed by atoms with Crippen LogP contribution >= 0.6 is 0 Å². The average molecular weight is 239 g/mol. The maximum absolute atomic E-state index is 13.5. The molecule has 1 unspecified atom stereocenters. The van der Waals surface area contributed by atoms with E-state index in [1.54, 1.807) is 0 Å². The lowest BCUT2D eigenvalue weighted by atomic mass is 9.77. The topological polar surface area (TPSA) is 63.3 Å². The summed E-state index contributed by atoms with van der Waals surface area (Å²) in [6, 6.07) is 4.23. The second kappa shape index (κ2) is 4.73. The molecule has 0 saturated carbocycles. The van der Waals surface area contributed by atoms with Crippen molar-refractivity contribution >= 4 is 11.7 Å². The summed E-state index contributed by atoms with van der Waals surface area (Å²) >= 11 is 0. The van der Waals surface area contributed by atoms with Gasteiger partial charge < -0.3 is 10.8 Å². The van der Waals surface area contributed by atoms with Crippen LogP contribution in [0.2, 0.25) is 0 Å². The van der Waals surface area contributed by atoms with Crippen LogP contribution in [-0.4, -0.2) is 11.1 Å². The molecule has 1 aromatic rings. The van der Waals surface area contributed by atoms with Crippen LogP contribution in [0.25, 0.3) is 0 Å². The zero-order valence-electron chi connectivity index (χ0n) is 10.3. The summed E-state index contributed by atoms with van der Waals surface area (Å²) in [4.78, 5) is 11.2. The van der Waals surface area contributed by atoms with Crippen molar-refractivity contribution in [2.45, 2.75) is 27.2 Å². The molecule has 0 aliphatic carbocycles. The highest BCUT2D eigenvalue weighted by atomic mass is 19.1. The molecule has 0 fully saturated rings. The van der Waals surface area contributed by atoms with E-state index in [2.05, 4.69) is 0 Å². The molecule has 0 bridgehead atoms. The predicted molar refractivity (Wildman–Crippen MR) is 65.1 cm³/mol. The first-order chi connectivity index (χ1) is 7.71. The Kier molecular flexibility index (Phi) is 3.76. The van der Waals surface area contributed by atoms with Gasteiger partial charge in [0.15, 0.2) is 0 Å². The van der Waals surface area contributed by atoms with Crippen LogP contribution in [0.5, 0.6) is 0 Å². The van der Waals surface area contributed by atoms with Gasteiger partial charge in [0.25, 0.3) is 0 Å². The standard InChI is InChI=1S/C13H18FNO2/c1-13(2,3)10(12(16)17)7-8-6-9(15)4-5-11(8)14/h4-6,10H,7,15H2,1-3H3,(H,16,17). The third-order valence-corrected chi connectivity index (χ3v) is 2.84. The molecular weight excluding hydrogens is 221 g/mol. The summed E-state index contributed by atoms with van der Waals surface area (Å²) in [5, 5.41) is 9.18. The quantitative estimate of drug-likeness (QED) is 0.797. The number of carboxylic acid groups (broad SMARTS) is 1. The van der Waals surface area contributed by atoms with Crippen LogP contribution in [0.1, 0.15) is 26.3 Å². The summed E-state index contributed by atoms with van der Waals surface area (Å²) in [7, 11) is 0. The molecule has 3 nitrogen and oxygen atoms in total. The Hall–Kier alpha value is -1.58. The van der Waals surface area contributed by atoms with Crippen LogP contribution in [0, 0.1) is 17.2 Å². The van der Waals surface area contributed by atoms with Crippen LogP contribution < -0.4 is 5.73 Å². The number of anilines is 1. The summed E-state index contributed by atoms with van der Waals surface area (Å²) < 4.78 is 13.5. The van der Waals surface area contributed by atoms with E-state index in [1.807, 2.05) is 20.8 Å². The molecule has 1 rings (SSSR count). The summed E-state index contributed by atoms with van der Waals surface area (Å²) in [5.41, 5.74) is 5.94. The number of hydrogen-bond acceptors (Lipinski definition) is 2. The molecule has 0 aromatic heterocycles. The lowest BCUT2D eigenvalue weighted by molar-refractivity contribution is -0.145. The van der Waals surface area contributed by atoms with E-state index in [-0.39, 0.29) is 6.42 Å². The highest BCUT2D eigenvalue weighted by molar-refractivity contribution is 5.71. The Balaban J connectivity index is 3.02. The van der Waals surface area contributed by atoms with Crippen LogP contribution in [-0.2, 0) is 11.2 Å². The Morgan fingerprint density at radius 2 is 2.06 bits per heavy atom. The molecule has 4 heteroatoms. The summed E-state index contributed by atoms with van der Waals surface area (Å²) in [6.45, 7) is 5.49. The third kappa shape index (κ3) is 3.44. The summed E-state index contributed by atoms with van der Waals surface area (Å²) in [6.07, 6.45) is 0.149. The SMILES string of the molecule is CC(C)(C)C(Cc1cc(N)ccc1F)C(=O)O. The first-order valence-electron chi connectivity index (χ1n) is 5.48. The zero-order chi connectivity index (χ0) is 13.2. The lowest BCUT2D eigenvalue weighted by Crippen LogP contribution is -2.30. The van der Waals surface area contributed by atoms with E-state index in [4.69, 9.17) is 5.73 Å². The molecule has 94 valence electrons. The van der Waals surface area contributed by atoms with Gasteiger partial charge in [0.1, 0.15) is 5.82 Å². The molecule has 0 amide bonds. The zero-order valence-corrected chi connectivity index (χ0v) is 10.3. The van der Waals surface area contributed by atoms with E-state index in [0.717, 1.165) is 0 Å². The van der Waals surface area contributed by atoms with Crippen molar-refractivity contribution in [3.05, 3.63) is 29.6 Å². The first-order valence-corrected chi connectivity index (χ1v) is 5.48. The maximum atomic E-state index is 13.5. The van der Waals surface area contributed by atoms with Gasteiger partial charge in [-0.2, -0.15) is 0 Å². The van der Waals surface area contributed by atoms with Crippen molar-refractivity contribution in [3.8, 4) is 0 Å². The van der Waals surface area contributed by atoms with E-state index in [0.29, 0.717) is 11.3 Å². The maximum Gasteiger partial charge on any atom is 0.307 e. The number of carboxylic acids is 1. The number of nitrogens with two attached hydrogens (primary N) is 1. The number of aliphatic carboxylic acids is 1. The fourth-order valence-electron chi connectivity index (χ4n) is 1.73. The molecule has 0 aliphatic heterocycles. The minimum Gasteiger partial charge on any atom is -0.481 e. The van der Waals surface area contributed by atoms with Crippen molar-refractivity contribution in [1.29, 1.82) is 0 Å². The molecule has 1 aromatic carbocycles. The average Bonchev–Trinajstić information content (AvgIpc) is 2.17. The fraction of sp³-hybridized carbons (Fsp3) is 0.462. The van der Waals surface area contributed by atoms with Gasteiger partial charge in [-0.3, -0.25) is 4.79 Å². The minimum absolute atomic E-state index is 0.149. The van der Waals surface area contributed by atoms with Gasteiger partial charge in [-0.05, 0) is 35.6 Å². The third-order valence-electron chi connectivity index (χ3n) is 2.84. The molecule has 1 atom stereocenters. The molecule has 3 N–H and O–H groups in total. The van der Waals surface area contributed by atoms with E-state index >= 15 is 0 Å². The number of hydrogen-bond donors (Lipinski definition) is 2.